The van der Waals surface area contributed by atoms with Gasteiger partial charge >= 0.3 is 0 Å². The molecule has 1 atom stereocenters. The molecule has 1 heterocycles. The van der Waals surface area contributed by atoms with E-state index in [1.165, 1.54) is 11.3 Å². The zero-order valence-electron chi connectivity index (χ0n) is 11.6. The van der Waals surface area contributed by atoms with Crippen molar-refractivity contribution in [1.82, 2.24) is 4.98 Å². The molecule has 0 fully saturated rings. The van der Waals surface area contributed by atoms with Crippen LogP contribution in [0.5, 0.6) is 0 Å². The van der Waals surface area contributed by atoms with E-state index < -0.39 is 5.60 Å². The first-order valence-electron chi connectivity index (χ1n) is 6.53. The van der Waals surface area contributed by atoms with Gasteiger partial charge in [-0.15, -0.1) is 11.3 Å². The molecule has 2 rings (SSSR count). The minimum atomic E-state index is -1.18. The Bertz CT molecular complexity index is 579. The number of nitrogens with one attached hydrogen (secondary N) is 1. The summed E-state index contributed by atoms with van der Waals surface area (Å²) in [4.78, 5) is 17.2. The van der Waals surface area contributed by atoms with E-state index in [9.17, 15) is 9.90 Å². The zero-order valence-corrected chi connectivity index (χ0v) is 12.4. The number of amides is 1. The Kier molecular flexibility index (Phi) is 4.52. The van der Waals surface area contributed by atoms with E-state index in [4.69, 9.17) is 0 Å². The third-order valence-electron chi connectivity index (χ3n) is 3.05. The number of carbonyl (C=O) groups is 1. The van der Waals surface area contributed by atoms with E-state index in [1.54, 1.807) is 13.1 Å². The van der Waals surface area contributed by atoms with E-state index in [0.717, 1.165) is 16.9 Å². The molecule has 0 aliphatic rings. The lowest BCUT2D eigenvalue weighted by Crippen LogP contribution is -2.28. The monoisotopic (exact) mass is 290 g/mol. The van der Waals surface area contributed by atoms with Crippen molar-refractivity contribution in [3.8, 4) is 0 Å². The molecule has 1 unspecified atom stereocenters. The predicted molar refractivity (Wildman–Crippen MR) is 80.8 cm³/mol. The topological polar surface area (TPSA) is 62.2 Å². The van der Waals surface area contributed by atoms with E-state index in [0.29, 0.717) is 5.13 Å². The van der Waals surface area contributed by atoms with Crippen LogP contribution in [0.15, 0.2) is 36.5 Å². The first-order valence-corrected chi connectivity index (χ1v) is 7.35. The van der Waals surface area contributed by atoms with E-state index in [2.05, 4.69) is 10.3 Å². The van der Waals surface area contributed by atoms with Gasteiger partial charge in [-0.05, 0) is 18.9 Å². The molecule has 2 aromatic rings. The van der Waals surface area contributed by atoms with Crippen LogP contribution in [0.4, 0.5) is 5.13 Å². The maximum absolute atomic E-state index is 12.0. The lowest BCUT2D eigenvalue weighted by Gasteiger charge is -2.22. The van der Waals surface area contributed by atoms with Crippen LogP contribution in [0.1, 0.15) is 30.7 Å². The molecule has 0 aliphatic heterocycles. The summed E-state index contributed by atoms with van der Waals surface area (Å²) in [6.07, 6.45) is 2.66. The van der Waals surface area contributed by atoms with Crippen LogP contribution >= 0.6 is 11.3 Å². The van der Waals surface area contributed by atoms with Gasteiger partial charge in [-0.2, -0.15) is 0 Å². The Morgan fingerprint density at radius 2 is 2.10 bits per heavy atom. The van der Waals surface area contributed by atoms with E-state index in [1.807, 2.05) is 37.3 Å². The standard InChI is InChI=1S/C15H18N2O2S/c1-3-12-10-16-14(20-12)17-13(18)9-15(2,19)11-7-5-4-6-8-11/h4-8,10,19H,3,9H2,1-2H3,(H,16,17,18). The highest BCUT2D eigenvalue weighted by Crippen LogP contribution is 2.25. The average Bonchev–Trinajstić information content (AvgIpc) is 2.86. The highest BCUT2D eigenvalue weighted by molar-refractivity contribution is 7.15. The molecule has 2 N–H and O–H groups in total. The summed E-state index contributed by atoms with van der Waals surface area (Å²) in [6, 6.07) is 9.19. The lowest BCUT2D eigenvalue weighted by molar-refractivity contribution is -0.120. The molecule has 0 radical (unpaired) electrons. The number of rotatable bonds is 5. The van der Waals surface area contributed by atoms with Gasteiger partial charge in [-0.3, -0.25) is 4.79 Å². The normalized spacial score (nSPS) is 13.8. The first-order chi connectivity index (χ1) is 9.51. The summed E-state index contributed by atoms with van der Waals surface area (Å²) in [7, 11) is 0. The van der Waals surface area contributed by atoms with Gasteiger partial charge in [0.15, 0.2) is 5.13 Å². The summed E-state index contributed by atoms with van der Waals surface area (Å²) >= 11 is 1.46. The molecule has 0 aliphatic carbocycles. The molecule has 1 aromatic carbocycles. The maximum Gasteiger partial charge on any atom is 0.229 e. The molecule has 1 aromatic heterocycles. The van der Waals surface area contributed by atoms with Gasteiger partial charge in [0.1, 0.15) is 0 Å². The average molecular weight is 290 g/mol. The van der Waals surface area contributed by atoms with Crippen LogP contribution in [0.25, 0.3) is 0 Å². The molecular formula is C15H18N2O2S. The molecule has 0 bridgehead atoms. The fourth-order valence-corrected chi connectivity index (χ4v) is 2.67. The number of thiazole rings is 1. The second kappa shape index (κ2) is 6.15. The molecular weight excluding hydrogens is 272 g/mol. The van der Waals surface area contributed by atoms with Crippen LogP contribution in [0, 0.1) is 0 Å². The SMILES string of the molecule is CCc1cnc(NC(=O)CC(C)(O)c2ccccc2)s1. The Labute approximate surface area is 122 Å². The first kappa shape index (κ1) is 14.7. The molecule has 5 heteroatoms. The number of benzene rings is 1. The number of nitrogens with zero attached hydrogens (tertiary/aromatic N) is 1. The van der Waals surface area contributed by atoms with Crippen LogP contribution < -0.4 is 5.32 Å². The van der Waals surface area contributed by atoms with Crippen molar-refractivity contribution in [2.24, 2.45) is 0 Å². The number of aryl methyl sites for hydroxylation is 1. The van der Waals surface area contributed by atoms with Crippen molar-refractivity contribution in [2.75, 3.05) is 5.32 Å². The second-order valence-electron chi connectivity index (χ2n) is 4.85. The Balaban J connectivity index is 2.00. The molecule has 1 amide bonds. The largest absolute Gasteiger partial charge is 0.385 e. The molecule has 0 saturated carbocycles. The van der Waals surface area contributed by atoms with Crippen molar-refractivity contribution in [2.45, 2.75) is 32.3 Å². The summed E-state index contributed by atoms with van der Waals surface area (Å²) < 4.78 is 0. The summed E-state index contributed by atoms with van der Waals surface area (Å²) in [5.41, 5.74) is -0.459. The maximum atomic E-state index is 12.0. The van der Waals surface area contributed by atoms with Gasteiger partial charge in [0, 0.05) is 11.1 Å². The number of aromatic nitrogens is 1. The second-order valence-corrected chi connectivity index (χ2v) is 5.97. The predicted octanol–water partition coefficient (Wildman–Crippen LogP) is 2.94. The Morgan fingerprint density at radius 1 is 1.40 bits per heavy atom. The fraction of sp³-hybridized carbons (Fsp3) is 0.333. The van der Waals surface area contributed by atoms with Crippen LogP contribution in [0.3, 0.4) is 0 Å². The summed E-state index contributed by atoms with van der Waals surface area (Å²) in [6.45, 7) is 3.68. The van der Waals surface area contributed by atoms with Gasteiger partial charge in [-0.1, -0.05) is 37.3 Å². The highest BCUT2D eigenvalue weighted by atomic mass is 32.1. The van der Waals surface area contributed by atoms with Gasteiger partial charge < -0.3 is 10.4 Å². The van der Waals surface area contributed by atoms with Crippen molar-refractivity contribution < 1.29 is 9.90 Å². The minimum absolute atomic E-state index is 0.00193. The van der Waals surface area contributed by atoms with E-state index >= 15 is 0 Å². The lowest BCUT2D eigenvalue weighted by atomic mass is 9.92. The van der Waals surface area contributed by atoms with Crippen molar-refractivity contribution in [3.63, 3.8) is 0 Å². The molecule has 0 spiro atoms. The molecule has 20 heavy (non-hydrogen) atoms. The Hall–Kier alpha value is -1.72. The fourth-order valence-electron chi connectivity index (χ4n) is 1.90. The van der Waals surface area contributed by atoms with Crippen molar-refractivity contribution in [1.29, 1.82) is 0 Å². The number of anilines is 1. The van der Waals surface area contributed by atoms with Gasteiger partial charge in [0.25, 0.3) is 0 Å². The molecule has 0 saturated heterocycles. The molecule has 106 valence electrons. The smallest absolute Gasteiger partial charge is 0.229 e. The van der Waals surface area contributed by atoms with Gasteiger partial charge in [0.2, 0.25) is 5.91 Å². The van der Waals surface area contributed by atoms with Gasteiger partial charge in [-0.25, -0.2) is 4.98 Å². The summed E-state index contributed by atoms with van der Waals surface area (Å²) in [5.74, 6) is -0.240. The van der Waals surface area contributed by atoms with E-state index in [-0.39, 0.29) is 12.3 Å². The molecule has 4 nitrogen and oxygen atoms in total. The minimum Gasteiger partial charge on any atom is -0.385 e. The van der Waals surface area contributed by atoms with Crippen molar-refractivity contribution in [3.05, 3.63) is 47.0 Å². The highest BCUT2D eigenvalue weighted by Gasteiger charge is 2.26. The summed E-state index contributed by atoms with van der Waals surface area (Å²) in [5, 5.41) is 13.7. The third-order valence-corrected chi connectivity index (χ3v) is 4.11. The number of aliphatic hydroxyl groups is 1. The quantitative estimate of drug-likeness (QED) is 0.890. The number of carbonyl (C=O) groups excluding carboxylic acids is 1. The zero-order chi connectivity index (χ0) is 14.6. The van der Waals surface area contributed by atoms with Gasteiger partial charge in [0.05, 0.1) is 12.0 Å². The van der Waals surface area contributed by atoms with Crippen LogP contribution in [-0.2, 0) is 16.8 Å². The van der Waals surface area contributed by atoms with Crippen molar-refractivity contribution >= 4 is 22.4 Å². The third kappa shape index (κ3) is 3.65. The Morgan fingerprint density at radius 3 is 2.70 bits per heavy atom. The van der Waals surface area contributed by atoms with Crippen LogP contribution in [-0.4, -0.2) is 16.0 Å². The number of hydrogen-bond acceptors (Lipinski definition) is 4. The number of hydrogen-bond donors (Lipinski definition) is 2. The van der Waals surface area contributed by atoms with Crippen LogP contribution in [0.2, 0.25) is 0 Å².